The van der Waals surface area contributed by atoms with Gasteiger partial charge in [0.15, 0.2) is 11.9 Å². The second-order valence-electron chi connectivity index (χ2n) is 5.66. The van der Waals surface area contributed by atoms with Crippen LogP contribution < -0.4 is 16.0 Å². The monoisotopic (exact) mass is 358 g/mol. The Balaban J connectivity index is 2.18. The molecule has 1 atom stereocenters. The van der Waals surface area contributed by atoms with Crippen molar-refractivity contribution in [3.05, 3.63) is 68.5 Å². The molecule has 0 aliphatic carbocycles. The highest BCUT2D eigenvalue weighted by molar-refractivity contribution is 6.06. The topological polar surface area (TPSA) is 108 Å². The molecule has 0 aliphatic rings. The largest absolute Gasteiger partial charge is 0.479 e. The molecule has 0 spiro atoms. The van der Waals surface area contributed by atoms with E-state index in [1.807, 2.05) is 0 Å². The van der Waals surface area contributed by atoms with Crippen LogP contribution in [0.4, 0.5) is 0 Å². The summed E-state index contributed by atoms with van der Waals surface area (Å²) in [6, 6.07) is 5.97. The van der Waals surface area contributed by atoms with Gasteiger partial charge in [0.05, 0.1) is 5.56 Å². The zero-order valence-corrected chi connectivity index (χ0v) is 14.5. The number of aliphatic carboxylic acids is 1. The zero-order valence-electron chi connectivity index (χ0n) is 14.5. The molecule has 1 N–H and O–H groups in total. The number of carbonyl (C=O) groups is 2. The average Bonchev–Trinajstić information content (AvgIpc) is 2.62. The average molecular weight is 358 g/mol. The van der Waals surface area contributed by atoms with Crippen molar-refractivity contribution < 1.29 is 19.4 Å². The van der Waals surface area contributed by atoms with Crippen LogP contribution >= 0.6 is 0 Å². The fourth-order valence-electron chi connectivity index (χ4n) is 2.16. The second kappa shape index (κ2) is 7.64. The summed E-state index contributed by atoms with van der Waals surface area (Å²) in [5.74, 6) is -1.11. The van der Waals surface area contributed by atoms with E-state index < -0.39 is 23.3 Å². The molecule has 2 aromatic rings. The molecule has 0 unspecified atom stereocenters. The van der Waals surface area contributed by atoms with Crippen molar-refractivity contribution >= 4 is 17.8 Å². The number of aromatic nitrogens is 2. The van der Waals surface area contributed by atoms with Crippen LogP contribution in [0.25, 0.3) is 6.08 Å². The van der Waals surface area contributed by atoms with Crippen molar-refractivity contribution in [2.75, 3.05) is 0 Å². The first-order valence-electron chi connectivity index (χ1n) is 7.69. The minimum absolute atomic E-state index is 0.207. The maximum absolute atomic E-state index is 12.2. The molecular formula is C18H18N2O6. The second-order valence-corrected chi connectivity index (χ2v) is 5.66. The SMILES string of the molecule is C[C@@H](Oc1ccc(C(=O)/C=C/c2cn(C)c(=O)n(C)c2=O)cc1)C(=O)O. The van der Waals surface area contributed by atoms with Crippen LogP contribution in [0.15, 0.2) is 46.1 Å². The Morgan fingerprint density at radius 2 is 1.77 bits per heavy atom. The van der Waals surface area contributed by atoms with E-state index >= 15 is 0 Å². The van der Waals surface area contributed by atoms with Gasteiger partial charge in [0.25, 0.3) is 5.56 Å². The normalized spacial score (nSPS) is 12.1. The van der Waals surface area contributed by atoms with Gasteiger partial charge in [-0.1, -0.05) is 0 Å². The minimum atomic E-state index is -1.09. The fourth-order valence-corrected chi connectivity index (χ4v) is 2.16. The number of rotatable bonds is 6. The summed E-state index contributed by atoms with van der Waals surface area (Å²) >= 11 is 0. The summed E-state index contributed by atoms with van der Waals surface area (Å²) in [6.45, 7) is 1.40. The first-order chi connectivity index (χ1) is 12.2. The van der Waals surface area contributed by atoms with Crippen LogP contribution in [-0.4, -0.2) is 32.1 Å². The highest BCUT2D eigenvalue weighted by atomic mass is 16.5. The van der Waals surface area contributed by atoms with E-state index in [9.17, 15) is 19.2 Å². The number of aryl methyl sites for hydroxylation is 1. The molecule has 0 saturated heterocycles. The molecule has 0 radical (unpaired) electrons. The van der Waals surface area contributed by atoms with E-state index in [-0.39, 0.29) is 11.3 Å². The van der Waals surface area contributed by atoms with Crippen molar-refractivity contribution in [3.8, 4) is 5.75 Å². The van der Waals surface area contributed by atoms with Crippen LogP contribution in [0, 0.1) is 0 Å². The summed E-state index contributed by atoms with van der Waals surface area (Å²) in [5.41, 5.74) is -0.399. The zero-order chi connectivity index (χ0) is 19.4. The lowest BCUT2D eigenvalue weighted by molar-refractivity contribution is -0.144. The summed E-state index contributed by atoms with van der Waals surface area (Å²) in [7, 11) is 2.87. The molecule has 26 heavy (non-hydrogen) atoms. The molecular weight excluding hydrogens is 340 g/mol. The van der Waals surface area contributed by atoms with E-state index in [1.54, 1.807) is 0 Å². The molecule has 0 saturated carbocycles. The Bertz CT molecular complexity index is 982. The summed E-state index contributed by atoms with van der Waals surface area (Å²) in [4.78, 5) is 46.6. The van der Waals surface area contributed by atoms with Gasteiger partial charge in [-0.3, -0.25) is 14.2 Å². The number of allylic oxidation sites excluding steroid dienone is 1. The van der Waals surface area contributed by atoms with Gasteiger partial charge in [-0.25, -0.2) is 9.59 Å². The van der Waals surface area contributed by atoms with Gasteiger partial charge in [-0.15, -0.1) is 0 Å². The molecule has 8 nitrogen and oxygen atoms in total. The third-order valence-electron chi connectivity index (χ3n) is 3.69. The van der Waals surface area contributed by atoms with Gasteiger partial charge in [0.2, 0.25) is 0 Å². The smallest absolute Gasteiger partial charge is 0.344 e. The molecule has 136 valence electrons. The Morgan fingerprint density at radius 1 is 1.15 bits per heavy atom. The maximum Gasteiger partial charge on any atom is 0.344 e. The van der Waals surface area contributed by atoms with Crippen molar-refractivity contribution in [1.82, 2.24) is 9.13 Å². The predicted octanol–water partition coefficient (Wildman–Crippen LogP) is 0.832. The standard InChI is InChI=1S/C18H18N2O6/c1-11(17(23)24)26-14-7-4-12(5-8-14)15(21)9-6-13-10-19(2)18(25)20(3)16(13)22/h4-11H,1-3H3,(H,23,24)/b9-6+/t11-/m1/s1. The Hall–Kier alpha value is -3.42. The van der Waals surface area contributed by atoms with E-state index in [4.69, 9.17) is 9.84 Å². The first kappa shape index (κ1) is 18.9. The quantitative estimate of drug-likeness (QED) is 0.605. The molecule has 0 fully saturated rings. The van der Waals surface area contributed by atoms with Gasteiger partial charge < -0.3 is 14.4 Å². The van der Waals surface area contributed by atoms with Gasteiger partial charge >= 0.3 is 11.7 Å². The van der Waals surface area contributed by atoms with Crippen molar-refractivity contribution in [2.24, 2.45) is 14.1 Å². The highest BCUT2D eigenvalue weighted by Crippen LogP contribution is 2.15. The van der Waals surface area contributed by atoms with Crippen LogP contribution in [0.5, 0.6) is 5.75 Å². The van der Waals surface area contributed by atoms with E-state index in [0.717, 1.165) is 4.57 Å². The third kappa shape index (κ3) is 4.15. The number of carboxylic acid groups (broad SMARTS) is 1. The number of benzene rings is 1. The number of hydrogen-bond acceptors (Lipinski definition) is 5. The van der Waals surface area contributed by atoms with Gasteiger partial charge in [-0.2, -0.15) is 0 Å². The molecule has 0 amide bonds. The number of carboxylic acids is 1. The van der Waals surface area contributed by atoms with Crippen LogP contribution in [0.1, 0.15) is 22.8 Å². The van der Waals surface area contributed by atoms with Crippen LogP contribution in [-0.2, 0) is 18.9 Å². The number of ketones is 1. The molecule has 2 rings (SSSR count). The van der Waals surface area contributed by atoms with Gasteiger partial charge in [-0.05, 0) is 43.3 Å². The van der Waals surface area contributed by atoms with Gasteiger partial charge in [0.1, 0.15) is 5.75 Å². The summed E-state index contributed by atoms with van der Waals surface area (Å²) < 4.78 is 7.40. The number of carbonyl (C=O) groups excluding carboxylic acids is 1. The van der Waals surface area contributed by atoms with Crippen molar-refractivity contribution in [1.29, 1.82) is 0 Å². The number of hydrogen-bond donors (Lipinski definition) is 1. The summed E-state index contributed by atoms with van der Waals surface area (Å²) in [6.07, 6.45) is 2.94. The molecule has 1 aromatic heterocycles. The Kier molecular flexibility index (Phi) is 5.56. The van der Waals surface area contributed by atoms with E-state index in [1.165, 1.54) is 68.2 Å². The number of nitrogens with zero attached hydrogens (tertiary/aromatic N) is 2. The molecule has 8 heteroatoms. The molecule has 1 heterocycles. The molecule has 0 aliphatic heterocycles. The predicted molar refractivity (Wildman–Crippen MR) is 94.5 cm³/mol. The molecule has 1 aromatic carbocycles. The van der Waals surface area contributed by atoms with Crippen molar-refractivity contribution in [3.63, 3.8) is 0 Å². The highest BCUT2D eigenvalue weighted by Gasteiger charge is 2.12. The van der Waals surface area contributed by atoms with Crippen LogP contribution in [0.2, 0.25) is 0 Å². The van der Waals surface area contributed by atoms with Crippen LogP contribution in [0.3, 0.4) is 0 Å². The van der Waals surface area contributed by atoms with E-state index in [0.29, 0.717) is 11.3 Å². The first-order valence-corrected chi connectivity index (χ1v) is 7.69. The lowest BCUT2D eigenvalue weighted by atomic mass is 10.1. The number of ether oxygens (including phenoxy) is 1. The third-order valence-corrected chi connectivity index (χ3v) is 3.69. The minimum Gasteiger partial charge on any atom is -0.479 e. The van der Waals surface area contributed by atoms with Gasteiger partial charge in [0, 0.05) is 25.9 Å². The maximum atomic E-state index is 12.2. The lowest BCUT2D eigenvalue weighted by Crippen LogP contribution is -2.37. The Labute approximate surface area is 148 Å². The Morgan fingerprint density at radius 3 is 2.35 bits per heavy atom. The lowest BCUT2D eigenvalue weighted by Gasteiger charge is -2.10. The summed E-state index contributed by atoms with van der Waals surface area (Å²) in [5, 5.41) is 8.81. The molecule has 0 bridgehead atoms. The van der Waals surface area contributed by atoms with E-state index in [2.05, 4.69) is 0 Å². The fraction of sp³-hybridized carbons (Fsp3) is 0.222. The van der Waals surface area contributed by atoms with Crippen molar-refractivity contribution in [2.45, 2.75) is 13.0 Å².